The number of carbonyl (C=O) groups excluding carboxylic acids is 1. The number of hydrogen-bond donors (Lipinski definition) is 3. The lowest BCUT2D eigenvalue weighted by atomic mass is 10.0. The van der Waals surface area contributed by atoms with Crippen LogP contribution in [-0.4, -0.2) is 20.6 Å². The van der Waals surface area contributed by atoms with E-state index in [1.54, 1.807) is 12.1 Å². The van der Waals surface area contributed by atoms with Gasteiger partial charge in [0.25, 0.3) is 11.5 Å². The molecule has 0 unspecified atom stereocenters. The summed E-state index contributed by atoms with van der Waals surface area (Å²) in [5.41, 5.74) is 0.876. The molecule has 0 fully saturated rings. The van der Waals surface area contributed by atoms with Gasteiger partial charge in [0.2, 0.25) is 5.75 Å². The van der Waals surface area contributed by atoms with E-state index in [-0.39, 0.29) is 30.1 Å². The summed E-state index contributed by atoms with van der Waals surface area (Å²) in [7, 11) is 0. The molecule has 2 atom stereocenters. The molecule has 2 heterocycles. The predicted molar refractivity (Wildman–Crippen MR) is 122 cm³/mol. The summed E-state index contributed by atoms with van der Waals surface area (Å²) in [5.74, 6) is -1.24. The number of halogens is 1. The Bertz CT molecular complexity index is 1180. The zero-order chi connectivity index (χ0) is 23.4. The van der Waals surface area contributed by atoms with Gasteiger partial charge in [-0.25, -0.2) is 9.37 Å². The quantitative estimate of drug-likeness (QED) is 0.533. The van der Waals surface area contributed by atoms with Crippen molar-refractivity contribution >= 4 is 5.91 Å². The van der Waals surface area contributed by atoms with Gasteiger partial charge in [0.05, 0.1) is 6.04 Å². The number of aromatic nitrogens is 2. The van der Waals surface area contributed by atoms with Crippen LogP contribution < -0.4 is 16.2 Å². The Balaban J connectivity index is 1.61. The first-order valence-corrected chi connectivity index (χ1v) is 11.1. The molecular formula is C25H27FN4O3. The maximum Gasteiger partial charge on any atom is 0.296 e. The van der Waals surface area contributed by atoms with Gasteiger partial charge >= 0.3 is 0 Å². The topological polar surface area (TPSA) is 96.2 Å². The molecule has 3 N–H and O–H groups in total. The lowest BCUT2D eigenvalue weighted by Crippen LogP contribution is -2.35. The highest BCUT2D eigenvalue weighted by Gasteiger charge is 2.28. The van der Waals surface area contributed by atoms with E-state index in [1.165, 1.54) is 16.7 Å². The second-order valence-corrected chi connectivity index (χ2v) is 8.28. The average molecular weight is 451 g/mol. The third-order valence-corrected chi connectivity index (χ3v) is 5.94. The second kappa shape index (κ2) is 9.95. The molecule has 3 aromatic rings. The first kappa shape index (κ1) is 22.7. The molecule has 8 heteroatoms. The van der Waals surface area contributed by atoms with Crippen LogP contribution in [0.3, 0.4) is 0 Å². The number of nitrogens with one attached hydrogen (secondary N) is 2. The summed E-state index contributed by atoms with van der Waals surface area (Å²) in [6.45, 7) is 2.59. The van der Waals surface area contributed by atoms with Crippen LogP contribution >= 0.6 is 0 Å². The molecule has 0 saturated heterocycles. The standard InChI is InChI=1S/C25H27FN4O3/c1-16(18-7-3-2-4-8-18)28-20-9-5-6-14-30-23(20)29-21(22(31)25(30)33)24(32)27-15-17-10-12-19(26)13-11-17/h2-4,7-8,10-13,16,20,28,31H,5-6,9,14-15H2,1H3,(H,27,32)/t16-,20+/m1/s1. The van der Waals surface area contributed by atoms with E-state index in [4.69, 9.17) is 0 Å². The SMILES string of the molecule is C[C@@H](N[C@H]1CCCCn2c1nc(C(=O)NCc1ccc(F)cc1)c(O)c2=O)c1ccccc1. The molecule has 2 aromatic carbocycles. The number of rotatable bonds is 6. The van der Waals surface area contributed by atoms with E-state index in [2.05, 4.69) is 15.6 Å². The largest absolute Gasteiger partial charge is 0.501 e. The first-order chi connectivity index (χ1) is 15.9. The summed E-state index contributed by atoms with van der Waals surface area (Å²) in [5, 5.41) is 16.7. The average Bonchev–Trinajstić information content (AvgIpc) is 3.03. The minimum Gasteiger partial charge on any atom is -0.501 e. The van der Waals surface area contributed by atoms with Crippen LogP contribution in [0.2, 0.25) is 0 Å². The van der Waals surface area contributed by atoms with Crippen molar-refractivity contribution in [3.8, 4) is 5.75 Å². The zero-order valence-electron chi connectivity index (χ0n) is 18.4. The second-order valence-electron chi connectivity index (χ2n) is 8.28. The molecule has 33 heavy (non-hydrogen) atoms. The van der Waals surface area contributed by atoms with Crippen molar-refractivity contribution in [1.29, 1.82) is 0 Å². The zero-order valence-corrected chi connectivity index (χ0v) is 18.4. The van der Waals surface area contributed by atoms with Crippen molar-refractivity contribution in [2.75, 3.05) is 0 Å². The highest BCUT2D eigenvalue weighted by molar-refractivity contribution is 5.94. The van der Waals surface area contributed by atoms with Crippen LogP contribution in [0.25, 0.3) is 0 Å². The Labute approximate surface area is 191 Å². The van der Waals surface area contributed by atoms with E-state index in [0.29, 0.717) is 17.9 Å². The van der Waals surface area contributed by atoms with Gasteiger partial charge in [0.1, 0.15) is 11.6 Å². The van der Waals surface area contributed by atoms with Crippen molar-refractivity contribution in [2.24, 2.45) is 0 Å². The fourth-order valence-corrected chi connectivity index (χ4v) is 4.11. The van der Waals surface area contributed by atoms with Crippen molar-refractivity contribution in [1.82, 2.24) is 20.2 Å². The molecule has 1 amide bonds. The highest BCUT2D eigenvalue weighted by atomic mass is 19.1. The van der Waals surface area contributed by atoms with Crippen molar-refractivity contribution < 1.29 is 14.3 Å². The first-order valence-electron chi connectivity index (χ1n) is 11.1. The number of nitrogens with zero attached hydrogens (tertiary/aromatic N) is 2. The molecule has 0 aliphatic carbocycles. The molecule has 0 saturated carbocycles. The summed E-state index contributed by atoms with van der Waals surface area (Å²) in [6.07, 6.45) is 2.42. The van der Waals surface area contributed by atoms with Crippen molar-refractivity contribution in [2.45, 2.75) is 51.4 Å². The van der Waals surface area contributed by atoms with Crippen LogP contribution in [0.4, 0.5) is 4.39 Å². The predicted octanol–water partition coefficient (Wildman–Crippen LogP) is 3.59. The van der Waals surface area contributed by atoms with E-state index in [0.717, 1.165) is 24.8 Å². The van der Waals surface area contributed by atoms with Gasteiger partial charge < -0.3 is 15.7 Å². The Hall–Kier alpha value is -3.52. The molecule has 0 radical (unpaired) electrons. The van der Waals surface area contributed by atoms with Crippen molar-refractivity contribution in [3.05, 3.63) is 93.4 Å². The van der Waals surface area contributed by atoms with Gasteiger partial charge in [0.15, 0.2) is 5.69 Å². The Morgan fingerprint density at radius 2 is 1.91 bits per heavy atom. The van der Waals surface area contributed by atoms with E-state index in [9.17, 15) is 19.1 Å². The molecule has 4 rings (SSSR count). The molecule has 7 nitrogen and oxygen atoms in total. The minimum absolute atomic E-state index is 0.00390. The van der Waals surface area contributed by atoms with Gasteiger partial charge in [-0.2, -0.15) is 0 Å². The fraction of sp³-hybridized carbons (Fsp3) is 0.320. The third kappa shape index (κ3) is 5.12. The lowest BCUT2D eigenvalue weighted by Gasteiger charge is -2.24. The van der Waals surface area contributed by atoms with Gasteiger partial charge in [-0.3, -0.25) is 14.2 Å². The van der Waals surface area contributed by atoms with E-state index in [1.807, 2.05) is 37.3 Å². The van der Waals surface area contributed by atoms with Crippen molar-refractivity contribution in [3.63, 3.8) is 0 Å². The van der Waals surface area contributed by atoms with Crippen LogP contribution in [0.15, 0.2) is 59.4 Å². The molecular weight excluding hydrogens is 423 g/mol. The lowest BCUT2D eigenvalue weighted by molar-refractivity contribution is 0.0941. The molecule has 0 bridgehead atoms. The Morgan fingerprint density at radius 3 is 2.64 bits per heavy atom. The van der Waals surface area contributed by atoms with E-state index >= 15 is 0 Å². The Morgan fingerprint density at radius 1 is 1.18 bits per heavy atom. The van der Waals surface area contributed by atoms with Gasteiger partial charge in [0, 0.05) is 19.1 Å². The van der Waals surface area contributed by atoms with Gasteiger partial charge in [-0.15, -0.1) is 0 Å². The smallest absolute Gasteiger partial charge is 0.296 e. The number of benzene rings is 2. The van der Waals surface area contributed by atoms with Crippen LogP contribution in [0.5, 0.6) is 5.75 Å². The number of hydrogen-bond acceptors (Lipinski definition) is 5. The maximum atomic E-state index is 13.1. The van der Waals surface area contributed by atoms with Crippen LogP contribution in [0, 0.1) is 5.82 Å². The van der Waals surface area contributed by atoms with Crippen LogP contribution in [-0.2, 0) is 13.1 Å². The monoisotopic (exact) mass is 450 g/mol. The molecule has 1 aliphatic heterocycles. The normalized spacial score (nSPS) is 16.5. The summed E-state index contributed by atoms with van der Waals surface area (Å²) < 4.78 is 14.6. The summed E-state index contributed by atoms with van der Waals surface area (Å²) in [6, 6.07) is 15.4. The number of aromatic hydroxyl groups is 1. The molecule has 0 spiro atoms. The number of fused-ring (bicyclic) bond motifs is 1. The molecule has 172 valence electrons. The number of amides is 1. The molecule has 1 aromatic heterocycles. The Kier molecular flexibility index (Phi) is 6.84. The third-order valence-electron chi connectivity index (χ3n) is 5.94. The summed E-state index contributed by atoms with van der Waals surface area (Å²) >= 11 is 0. The van der Waals surface area contributed by atoms with Crippen LogP contribution in [0.1, 0.15) is 65.7 Å². The highest BCUT2D eigenvalue weighted by Crippen LogP contribution is 2.27. The number of carbonyl (C=O) groups is 1. The maximum absolute atomic E-state index is 13.1. The minimum atomic E-state index is -0.660. The van der Waals surface area contributed by atoms with Gasteiger partial charge in [-0.05, 0) is 49.4 Å². The van der Waals surface area contributed by atoms with E-state index < -0.39 is 17.2 Å². The fourth-order valence-electron chi connectivity index (χ4n) is 4.11. The summed E-state index contributed by atoms with van der Waals surface area (Å²) in [4.78, 5) is 30.2. The molecule has 1 aliphatic rings. The van der Waals surface area contributed by atoms with Gasteiger partial charge in [-0.1, -0.05) is 42.5 Å².